The van der Waals surface area contributed by atoms with E-state index in [1.54, 1.807) is 29.5 Å². The lowest BCUT2D eigenvalue weighted by atomic mass is 9.87. The molecule has 5 unspecified atom stereocenters. The summed E-state index contributed by atoms with van der Waals surface area (Å²) in [6, 6.07) is -0.147. The molecule has 5 nitrogen and oxygen atoms in total. The summed E-state index contributed by atoms with van der Waals surface area (Å²) in [6.45, 7) is 4.02. The number of fused-ring (bicyclic) bond motifs is 1. The second kappa shape index (κ2) is 8.03. The van der Waals surface area contributed by atoms with E-state index >= 15 is 0 Å². The summed E-state index contributed by atoms with van der Waals surface area (Å²) in [5.41, 5.74) is 0. The highest BCUT2D eigenvalue weighted by Gasteiger charge is 2.49. The topological polar surface area (TPSA) is 53.5 Å². The van der Waals surface area contributed by atoms with Gasteiger partial charge in [-0.3, -0.25) is 9.59 Å². The Morgan fingerprint density at radius 3 is 2.81 bits per heavy atom. The van der Waals surface area contributed by atoms with E-state index in [1.165, 1.54) is 0 Å². The number of nitrogens with zero attached hydrogens (tertiary/aromatic N) is 3. The molecule has 144 valence electrons. The van der Waals surface area contributed by atoms with Gasteiger partial charge in [-0.05, 0) is 31.1 Å². The maximum Gasteiger partial charge on any atom is 0.246 e. The lowest BCUT2D eigenvalue weighted by Crippen LogP contribution is -2.57. The first-order valence-electron chi connectivity index (χ1n) is 9.06. The second-order valence-electron chi connectivity index (χ2n) is 7.53. The van der Waals surface area contributed by atoms with Gasteiger partial charge in [0, 0.05) is 31.1 Å². The number of halogens is 2. The minimum Gasteiger partial charge on any atom is -0.334 e. The van der Waals surface area contributed by atoms with Crippen LogP contribution in [0, 0.1) is 11.8 Å². The van der Waals surface area contributed by atoms with Crippen LogP contribution in [0.25, 0.3) is 0 Å². The predicted octanol–water partition coefficient (Wildman–Crippen LogP) is 3.87. The zero-order valence-electron chi connectivity index (χ0n) is 15.3. The van der Waals surface area contributed by atoms with Crippen molar-refractivity contribution in [3.63, 3.8) is 0 Å². The first-order chi connectivity index (χ1) is 12.3. The van der Waals surface area contributed by atoms with Gasteiger partial charge in [-0.15, -0.1) is 34.5 Å². The molecule has 2 aliphatic heterocycles. The number of carbonyl (C=O) groups is 2. The predicted molar refractivity (Wildman–Crippen MR) is 104 cm³/mol. The molecule has 0 spiro atoms. The van der Waals surface area contributed by atoms with Crippen LogP contribution in [0.2, 0.25) is 0 Å². The molecule has 0 saturated carbocycles. The summed E-state index contributed by atoms with van der Waals surface area (Å²) in [5.74, 6) is 0.163. The highest BCUT2D eigenvalue weighted by atomic mass is 35.5. The summed E-state index contributed by atoms with van der Waals surface area (Å²) in [7, 11) is 1.72. The van der Waals surface area contributed by atoms with Gasteiger partial charge in [0.1, 0.15) is 15.9 Å². The molecule has 2 fully saturated rings. The number of thiazole rings is 1. The van der Waals surface area contributed by atoms with Gasteiger partial charge in [0.15, 0.2) is 0 Å². The molecule has 5 atom stereocenters. The van der Waals surface area contributed by atoms with Crippen LogP contribution in [-0.4, -0.2) is 50.6 Å². The molecule has 26 heavy (non-hydrogen) atoms. The van der Waals surface area contributed by atoms with E-state index in [0.717, 1.165) is 17.8 Å². The Morgan fingerprint density at radius 2 is 2.19 bits per heavy atom. The first-order valence-corrected chi connectivity index (χ1v) is 10.8. The quantitative estimate of drug-likeness (QED) is 0.683. The van der Waals surface area contributed by atoms with Gasteiger partial charge >= 0.3 is 0 Å². The van der Waals surface area contributed by atoms with Crippen molar-refractivity contribution in [2.45, 2.75) is 62.5 Å². The van der Waals surface area contributed by atoms with E-state index in [2.05, 4.69) is 11.9 Å². The van der Waals surface area contributed by atoms with E-state index < -0.39 is 10.9 Å². The van der Waals surface area contributed by atoms with Crippen LogP contribution < -0.4 is 0 Å². The Kier molecular flexibility index (Phi) is 6.14. The summed E-state index contributed by atoms with van der Waals surface area (Å²) >= 11 is 13.3. The largest absolute Gasteiger partial charge is 0.334 e. The Bertz CT molecular complexity index is 655. The van der Waals surface area contributed by atoms with Gasteiger partial charge in [0.05, 0.1) is 6.04 Å². The average molecular weight is 418 g/mol. The highest BCUT2D eigenvalue weighted by Crippen LogP contribution is 2.44. The summed E-state index contributed by atoms with van der Waals surface area (Å²) in [4.78, 5) is 33.3. The number of carbonyl (C=O) groups excluding carboxylic acids is 2. The van der Waals surface area contributed by atoms with Gasteiger partial charge in [-0.2, -0.15) is 0 Å². The van der Waals surface area contributed by atoms with Crippen LogP contribution >= 0.6 is 34.5 Å². The zero-order valence-corrected chi connectivity index (χ0v) is 17.6. The molecule has 2 saturated heterocycles. The molecule has 1 aromatic rings. The fraction of sp³-hybridized carbons (Fsp3) is 0.722. The number of likely N-dealkylation sites (N-methyl/N-ethyl adjacent to an activating group) is 1. The molecule has 0 aliphatic carbocycles. The average Bonchev–Trinajstić information content (AvgIpc) is 3.26. The van der Waals surface area contributed by atoms with Crippen LogP contribution in [0.15, 0.2) is 11.6 Å². The number of hydrogen-bond donors (Lipinski definition) is 0. The Labute approximate surface area is 168 Å². The molecule has 2 amide bonds. The van der Waals surface area contributed by atoms with E-state index in [4.69, 9.17) is 23.2 Å². The van der Waals surface area contributed by atoms with Gasteiger partial charge in [-0.1, -0.05) is 13.8 Å². The smallest absolute Gasteiger partial charge is 0.246 e. The third-order valence-electron chi connectivity index (χ3n) is 5.74. The van der Waals surface area contributed by atoms with E-state index in [-0.39, 0.29) is 36.2 Å². The van der Waals surface area contributed by atoms with Crippen LogP contribution in [0.4, 0.5) is 0 Å². The van der Waals surface area contributed by atoms with E-state index in [9.17, 15) is 9.59 Å². The number of piperidine rings is 1. The van der Waals surface area contributed by atoms with Gasteiger partial charge in [-0.25, -0.2) is 4.98 Å². The van der Waals surface area contributed by atoms with Crippen molar-refractivity contribution in [1.29, 1.82) is 0 Å². The highest BCUT2D eigenvalue weighted by molar-refractivity contribution is 7.09. The lowest BCUT2D eigenvalue weighted by Gasteiger charge is -2.44. The van der Waals surface area contributed by atoms with Crippen LogP contribution in [0.3, 0.4) is 0 Å². The normalized spacial score (nSPS) is 29.8. The molecule has 1 aromatic heterocycles. The molecule has 3 heterocycles. The SMILES string of the molecule is CC(CC(=O)N(C)C1CC(C)C2CCC(c3nccs3)N2C1=O)C(Cl)Cl. The fourth-order valence-electron chi connectivity index (χ4n) is 4.14. The first kappa shape index (κ1) is 19.9. The van der Waals surface area contributed by atoms with E-state index in [1.807, 2.05) is 17.2 Å². The summed E-state index contributed by atoms with van der Waals surface area (Å²) in [6.07, 6.45) is 4.67. The maximum atomic E-state index is 13.3. The summed E-state index contributed by atoms with van der Waals surface area (Å²) < 4.78 is 0. The molecule has 2 aliphatic rings. The third kappa shape index (κ3) is 3.73. The summed E-state index contributed by atoms with van der Waals surface area (Å²) in [5, 5.41) is 2.94. The van der Waals surface area contributed by atoms with Crippen molar-refractivity contribution in [3.05, 3.63) is 16.6 Å². The van der Waals surface area contributed by atoms with Crippen molar-refractivity contribution in [2.75, 3.05) is 7.05 Å². The molecular formula is C18H25Cl2N3O2S. The molecule has 8 heteroatoms. The molecule has 0 aromatic carbocycles. The van der Waals surface area contributed by atoms with Crippen molar-refractivity contribution < 1.29 is 9.59 Å². The van der Waals surface area contributed by atoms with Gasteiger partial charge in [0.2, 0.25) is 11.8 Å². The van der Waals surface area contributed by atoms with Gasteiger partial charge in [0.25, 0.3) is 0 Å². The fourth-order valence-corrected chi connectivity index (χ4v) is 5.09. The van der Waals surface area contributed by atoms with Crippen LogP contribution in [0.1, 0.15) is 50.6 Å². The van der Waals surface area contributed by atoms with Crippen molar-refractivity contribution in [3.8, 4) is 0 Å². The van der Waals surface area contributed by atoms with Crippen molar-refractivity contribution in [1.82, 2.24) is 14.8 Å². The lowest BCUT2D eigenvalue weighted by molar-refractivity contribution is -0.152. The Morgan fingerprint density at radius 1 is 1.46 bits per heavy atom. The number of aromatic nitrogens is 1. The number of rotatable bonds is 5. The molecule has 0 radical (unpaired) electrons. The molecular weight excluding hydrogens is 393 g/mol. The third-order valence-corrected chi connectivity index (χ3v) is 7.48. The van der Waals surface area contributed by atoms with Gasteiger partial charge < -0.3 is 9.80 Å². The Hall–Kier alpha value is -0.850. The van der Waals surface area contributed by atoms with Crippen molar-refractivity contribution in [2.24, 2.45) is 11.8 Å². The number of hydrogen-bond acceptors (Lipinski definition) is 4. The van der Waals surface area contributed by atoms with E-state index in [0.29, 0.717) is 12.3 Å². The zero-order chi connectivity index (χ0) is 19.0. The monoisotopic (exact) mass is 417 g/mol. The molecule has 0 bridgehead atoms. The molecule has 3 rings (SSSR count). The minimum atomic E-state index is -0.592. The number of amides is 2. The minimum absolute atomic E-state index is 0.0373. The standard InChI is InChI=1S/C18H25Cl2N3O2S/c1-10-8-14(22(3)15(24)9-11(2)16(19)20)18(25)23-12(10)4-5-13(23)17-21-6-7-26-17/h6-7,10-14,16H,4-5,8-9H2,1-3H3. The molecule has 0 N–H and O–H groups in total. The van der Waals surface area contributed by atoms with Crippen LogP contribution in [0.5, 0.6) is 0 Å². The van der Waals surface area contributed by atoms with Crippen LogP contribution in [-0.2, 0) is 9.59 Å². The second-order valence-corrected chi connectivity index (χ2v) is 9.62. The maximum absolute atomic E-state index is 13.3. The number of alkyl halides is 2. The Balaban J connectivity index is 1.77. The van der Waals surface area contributed by atoms with Crippen molar-refractivity contribution >= 4 is 46.4 Å².